The fraction of sp³-hybridized carbons (Fsp3) is 0.900. The van der Waals surface area contributed by atoms with E-state index >= 15 is 0 Å². The van der Waals surface area contributed by atoms with Gasteiger partial charge < -0.3 is 14.9 Å². The Bertz CT molecular complexity index is 394. The molecule has 2 atom stereocenters. The van der Waals surface area contributed by atoms with Crippen LogP contribution in [0.3, 0.4) is 0 Å². The number of unbranched alkanes of at least 4 members (excludes halogenated alkanes) is 9. The van der Waals surface area contributed by atoms with Gasteiger partial charge in [0, 0.05) is 6.54 Å². The highest BCUT2D eigenvalue weighted by atomic mass is 16.4. The van der Waals surface area contributed by atoms with Crippen molar-refractivity contribution in [2.24, 2.45) is 11.7 Å². The molecular formula is C20H42N3O3+. The summed E-state index contributed by atoms with van der Waals surface area (Å²) in [7, 11) is 5.61. The molecular weight excluding hydrogens is 330 g/mol. The molecule has 1 amide bonds. The number of nitrogens with zero attached hydrogens (tertiary/aromatic N) is 1. The first-order valence-corrected chi connectivity index (χ1v) is 10.3. The van der Waals surface area contributed by atoms with Crippen LogP contribution in [0, 0.1) is 5.92 Å². The van der Waals surface area contributed by atoms with E-state index in [4.69, 9.17) is 10.8 Å². The number of carboxylic acid groups (broad SMARTS) is 1. The lowest BCUT2D eigenvalue weighted by atomic mass is 9.99. The quantitative estimate of drug-likeness (QED) is 0.220. The topological polar surface area (TPSA) is 92.4 Å². The molecule has 26 heavy (non-hydrogen) atoms. The van der Waals surface area contributed by atoms with E-state index in [-0.39, 0.29) is 12.3 Å². The van der Waals surface area contributed by atoms with Crippen molar-refractivity contribution in [1.82, 2.24) is 5.32 Å². The van der Waals surface area contributed by atoms with Crippen LogP contribution in [-0.2, 0) is 9.59 Å². The first kappa shape index (κ1) is 24.9. The van der Waals surface area contributed by atoms with Crippen LogP contribution in [0.5, 0.6) is 0 Å². The second-order valence-corrected chi connectivity index (χ2v) is 8.28. The SMILES string of the molecule is CCCCCCCCCCCCNC(=O)C(CC(=O)O)C(N)[N+](C)(C)C. The predicted octanol–water partition coefficient (Wildman–Crippen LogP) is 3.11. The van der Waals surface area contributed by atoms with Gasteiger partial charge >= 0.3 is 5.97 Å². The summed E-state index contributed by atoms with van der Waals surface area (Å²) >= 11 is 0. The van der Waals surface area contributed by atoms with E-state index in [0.717, 1.165) is 12.8 Å². The highest BCUT2D eigenvalue weighted by molar-refractivity contribution is 5.83. The Morgan fingerprint density at radius 1 is 0.923 bits per heavy atom. The van der Waals surface area contributed by atoms with Crippen molar-refractivity contribution in [2.75, 3.05) is 27.7 Å². The zero-order valence-corrected chi connectivity index (χ0v) is 17.4. The fourth-order valence-corrected chi connectivity index (χ4v) is 3.05. The molecule has 0 aromatic carbocycles. The normalized spacial score (nSPS) is 14.0. The van der Waals surface area contributed by atoms with Gasteiger partial charge in [-0.2, -0.15) is 0 Å². The standard InChI is InChI=1S/C20H41N3O3/c1-5-6-7-8-9-10-11-12-13-14-15-22-20(26)17(16-18(24)25)19(21)23(2,3)4/h17,19H,5-16,21H2,1-4H3,(H-,22,24,25,26)/p+1. The number of hydrogen-bond acceptors (Lipinski definition) is 3. The third-order valence-electron chi connectivity index (χ3n) is 4.87. The molecule has 0 spiro atoms. The molecule has 0 aliphatic heterocycles. The fourth-order valence-electron chi connectivity index (χ4n) is 3.05. The van der Waals surface area contributed by atoms with E-state index < -0.39 is 18.1 Å². The highest BCUT2D eigenvalue weighted by Crippen LogP contribution is 2.15. The molecule has 0 bridgehead atoms. The van der Waals surface area contributed by atoms with Gasteiger partial charge in [-0.15, -0.1) is 0 Å². The average Bonchev–Trinajstić information content (AvgIpc) is 2.55. The van der Waals surface area contributed by atoms with Gasteiger partial charge in [0.2, 0.25) is 5.91 Å². The second kappa shape index (κ2) is 14.0. The lowest BCUT2D eigenvalue weighted by Gasteiger charge is -2.35. The van der Waals surface area contributed by atoms with Crippen LogP contribution in [-0.4, -0.2) is 55.3 Å². The van der Waals surface area contributed by atoms with Crippen molar-refractivity contribution in [3.05, 3.63) is 0 Å². The van der Waals surface area contributed by atoms with Crippen LogP contribution in [0.15, 0.2) is 0 Å². The Labute approximate surface area is 160 Å². The monoisotopic (exact) mass is 372 g/mol. The number of quaternary nitrogens is 1. The molecule has 0 radical (unpaired) electrons. The Kier molecular flexibility index (Phi) is 13.4. The average molecular weight is 373 g/mol. The van der Waals surface area contributed by atoms with Gasteiger partial charge in [-0.1, -0.05) is 64.7 Å². The van der Waals surface area contributed by atoms with Gasteiger partial charge in [0.25, 0.3) is 0 Å². The van der Waals surface area contributed by atoms with Crippen LogP contribution in [0.25, 0.3) is 0 Å². The summed E-state index contributed by atoms with van der Waals surface area (Å²) in [6.45, 7) is 2.83. The van der Waals surface area contributed by atoms with Crippen LogP contribution in [0.1, 0.15) is 77.6 Å². The molecule has 0 heterocycles. The molecule has 0 fully saturated rings. The van der Waals surface area contributed by atoms with Gasteiger partial charge in [0.1, 0.15) is 5.92 Å². The molecule has 6 heteroatoms. The zero-order valence-electron chi connectivity index (χ0n) is 17.4. The maximum Gasteiger partial charge on any atom is 0.304 e. The Balaban J connectivity index is 3.94. The zero-order chi connectivity index (χ0) is 20.0. The maximum atomic E-state index is 12.4. The molecule has 4 N–H and O–H groups in total. The molecule has 0 saturated heterocycles. The van der Waals surface area contributed by atoms with Crippen molar-refractivity contribution in [1.29, 1.82) is 0 Å². The smallest absolute Gasteiger partial charge is 0.304 e. The van der Waals surface area contributed by atoms with E-state index in [1.165, 1.54) is 51.4 Å². The van der Waals surface area contributed by atoms with E-state index in [1.54, 1.807) is 0 Å². The van der Waals surface area contributed by atoms with Crippen molar-refractivity contribution >= 4 is 11.9 Å². The minimum atomic E-state index is -0.993. The summed E-state index contributed by atoms with van der Waals surface area (Å²) in [5.74, 6) is -1.95. The summed E-state index contributed by atoms with van der Waals surface area (Å²) < 4.78 is 0.351. The van der Waals surface area contributed by atoms with E-state index in [1.807, 2.05) is 21.1 Å². The summed E-state index contributed by atoms with van der Waals surface area (Å²) in [5, 5.41) is 11.9. The largest absolute Gasteiger partial charge is 0.481 e. The van der Waals surface area contributed by atoms with Crippen molar-refractivity contribution in [3.63, 3.8) is 0 Å². The molecule has 0 aromatic rings. The highest BCUT2D eigenvalue weighted by Gasteiger charge is 2.36. The van der Waals surface area contributed by atoms with E-state index in [0.29, 0.717) is 11.0 Å². The molecule has 6 nitrogen and oxygen atoms in total. The Morgan fingerprint density at radius 2 is 1.38 bits per heavy atom. The number of amides is 1. The number of nitrogens with one attached hydrogen (secondary N) is 1. The number of rotatable bonds is 16. The number of carboxylic acids is 1. The predicted molar refractivity (Wildman–Crippen MR) is 107 cm³/mol. The number of nitrogens with two attached hydrogens (primary N) is 1. The van der Waals surface area contributed by atoms with Crippen LogP contribution in [0.4, 0.5) is 0 Å². The van der Waals surface area contributed by atoms with E-state index in [2.05, 4.69) is 12.2 Å². The molecule has 0 saturated carbocycles. The van der Waals surface area contributed by atoms with Crippen LogP contribution >= 0.6 is 0 Å². The van der Waals surface area contributed by atoms with Crippen LogP contribution in [0.2, 0.25) is 0 Å². The molecule has 154 valence electrons. The summed E-state index contributed by atoms with van der Waals surface area (Å²) in [6, 6.07) is 0. The third-order valence-corrected chi connectivity index (χ3v) is 4.87. The molecule has 0 aromatic heterocycles. The van der Waals surface area contributed by atoms with Crippen LogP contribution < -0.4 is 11.1 Å². The van der Waals surface area contributed by atoms with Gasteiger partial charge in [-0.25, -0.2) is 0 Å². The number of hydrogen-bond donors (Lipinski definition) is 3. The number of carbonyl (C=O) groups is 2. The molecule has 2 unspecified atom stereocenters. The summed E-state index contributed by atoms with van der Waals surface area (Å²) in [6.07, 6.45) is 11.7. The minimum Gasteiger partial charge on any atom is -0.481 e. The Hall–Kier alpha value is -1.14. The first-order valence-electron chi connectivity index (χ1n) is 10.3. The Morgan fingerprint density at radius 3 is 1.81 bits per heavy atom. The summed E-state index contributed by atoms with van der Waals surface area (Å²) in [4.78, 5) is 23.4. The molecule has 0 aliphatic rings. The van der Waals surface area contributed by atoms with Crippen molar-refractivity contribution < 1.29 is 19.2 Å². The van der Waals surface area contributed by atoms with Gasteiger partial charge in [-0.05, 0) is 6.42 Å². The van der Waals surface area contributed by atoms with Gasteiger partial charge in [-0.3, -0.25) is 15.3 Å². The maximum absolute atomic E-state index is 12.4. The lowest BCUT2D eigenvalue weighted by Crippen LogP contribution is -2.58. The summed E-state index contributed by atoms with van der Waals surface area (Å²) in [5.41, 5.74) is 6.12. The van der Waals surface area contributed by atoms with Gasteiger partial charge in [0.05, 0.1) is 27.6 Å². The van der Waals surface area contributed by atoms with E-state index in [9.17, 15) is 9.59 Å². The van der Waals surface area contributed by atoms with Crippen molar-refractivity contribution in [2.45, 2.75) is 83.7 Å². The van der Waals surface area contributed by atoms with Crippen molar-refractivity contribution in [3.8, 4) is 0 Å². The minimum absolute atomic E-state index is 0.236. The number of aliphatic carboxylic acids is 1. The first-order chi connectivity index (χ1) is 12.2. The second-order valence-electron chi connectivity index (χ2n) is 8.28. The lowest BCUT2D eigenvalue weighted by molar-refractivity contribution is -0.898. The number of carbonyl (C=O) groups excluding carboxylic acids is 1. The molecule has 0 rings (SSSR count). The third kappa shape index (κ3) is 12.3. The van der Waals surface area contributed by atoms with Gasteiger partial charge in [0.15, 0.2) is 6.17 Å². The molecule has 0 aliphatic carbocycles.